The molecule has 0 bridgehead atoms. The number of carbonyl (C=O) groups is 1. The van der Waals surface area contributed by atoms with Crippen LogP contribution in [-0.4, -0.2) is 19.9 Å². The third-order valence-electron chi connectivity index (χ3n) is 3.32. The maximum atomic E-state index is 12.6. The molecule has 0 unspecified atom stereocenters. The highest BCUT2D eigenvalue weighted by Crippen LogP contribution is 2.23. The van der Waals surface area contributed by atoms with E-state index in [1.165, 1.54) is 18.2 Å². The molecule has 2 aromatic rings. The zero-order chi connectivity index (χ0) is 18.8. The predicted molar refractivity (Wildman–Crippen MR) is 101 cm³/mol. The van der Waals surface area contributed by atoms with Gasteiger partial charge in [-0.1, -0.05) is 23.7 Å². The second kappa shape index (κ2) is 7.06. The Morgan fingerprint density at radius 2 is 1.76 bits per heavy atom. The Kier molecular flexibility index (Phi) is 5.44. The van der Waals surface area contributed by atoms with Gasteiger partial charge in [0.15, 0.2) is 0 Å². The number of rotatable bonds is 4. The van der Waals surface area contributed by atoms with Crippen LogP contribution in [0.5, 0.6) is 0 Å². The largest absolute Gasteiger partial charge is 0.347 e. The summed E-state index contributed by atoms with van der Waals surface area (Å²) in [4.78, 5) is 12.2. The van der Waals surface area contributed by atoms with E-state index in [4.69, 9.17) is 11.6 Å². The molecular weight excluding hydrogens is 360 g/mol. The Balaban J connectivity index is 2.29. The second-order valence-corrected chi connectivity index (χ2v) is 8.89. The van der Waals surface area contributed by atoms with Crippen LogP contribution < -0.4 is 10.0 Å². The van der Waals surface area contributed by atoms with Crippen molar-refractivity contribution in [3.8, 4) is 0 Å². The number of aryl methyl sites for hydroxylation is 1. The highest BCUT2D eigenvalue weighted by molar-refractivity contribution is 7.92. The molecule has 0 saturated heterocycles. The van der Waals surface area contributed by atoms with E-state index in [-0.39, 0.29) is 16.4 Å². The lowest BCUT2D eigenvalue weighted by Gasteiger charge is -2.20. The Labute approximate surface area is 153 Å². The molecule has 0 saturated carbocycles. The molecule has 0 fully saturated rings. The average molecular weight is 381 g/mol. The summed E-state index contributed by atoms with van der Waals surface area (Å²) in [7, 11) is -3.83. The summed E-state index contributed by atoms with van der Waals surface area (Å²) in [5.41, 5.74) is 1.08. The van der Waals surface area contributed by atoms with Crippen molar-refractivity contribution in [2.45, 2.75) is 38.1 Å². The van der Waals surface area contributed by atoms with Gasteiger partial charge in [-0.3, -0.25) is 9.52 Å². The molecule has 2 rings (SSSR count). The zero-order valence-corrected chi connectivity index (χ0v) is 16.1. The molecule has 2 aromatic carbocycles. The molecule has 7 heteroatoms. The zero-order valence-electron chi connectivity index (χ0n) is 14.6. The lowest BCUT2D eigenvalue weighted by molar-refractivity contribution is 0.0919. The first kappa shape index (κ1) is 19.3. The van der Waals surface area contributed by atoms with Crippen molar-refractivity contribution in [2.24, 2.45) is 0 Å². The van der Waals surface area contributed by atoms with Gasteiger partial charge >= 0.3 is 0 Å². The summed E-state index contributed by atoms with van der Waals surface area (Å²) in [6.45, 7) is 7.40. The number of anilines is 1. The molecule has 134 valence electrons. The van der Waals surface area contributed by atoms with Gasteiger partial charge in [-0.25, -0.2) is 8.42 Å². The van der Waals surface area contributed by atoms with E-state index >= 15 is 0 Å². The highest BCUT2D eigenvalue weighted by atomic mass is 35.5. The van der Waals surface area contributed by atoms with Crippen LogP contribution in [0.3, 0.4) is 0 Å². The van der Waals surface area contributed by atoms with Crippen molar-refractivity contribution >= 4 is 33.2 Å². The normalized spacial score (nSPS) is 11.9. The van der Waals surface area contributed by atoms with Gasteiger partial charge in [0.25, 0.3) is 15.9 Å². The van der Waals surface area contributed by atoms with Crippen LogP contribution >= 0.6 is 11.6 Å². The van der Waals surface area contributed by atoms with Gasteiger partial charge in [-0.15, -0.1) is 0 Å². The third-order valence-corrected chi connectivity index (χ3v) is 5.11. The second-order valence-electron chi connectivity index (χ2n) is 6.80. The fourth-order valence-electron chi connectivity index (χ4n) is 2.09. The summed E-state index contributed by atoms with van der Waals surface area (Å²) in [5, 5.41) is 3.28. The van der Waals surface area contributed by atoms with Gasteiger partial charge < -0.3 is 5.32 Å². The summed E-state index contributed by atoms with van der Waals surface area (Å²) in [5.74, 6) is -0.331. The molecule has 0 heterocycles. The minimum atomic E-state index is -3.83. The average Bonchev–Trinajstić information content (AvgIpc) is 2.49. The van der Waals surface area contributed by atoms with Crippen LogP contribution in [0.25, 0.3) is 0 Å². The molecule has 1 amide bonds. The maximum Gasteiger partial charge on any atom is 0.261 e. The summed E-state index contributed by atoms with van der Waals surface area (Å²) in [6.07, 6.45) is 0. The molecule has 0 radical (unpaired) electrons. The van der Waals surface area contributed by atoms with Crippen molar-refractivity contribution in [1.82, 2.24) is 5.32 Å². The number of carbonyl (C=O) groups excluding carboxylic acids is 1. The monoisotopic (exact) mass is 380 g/mol. The molecule has 0 aromatic heterocycles. The van der Waals surface area contributed by atoms with Gasteiger partial charge in [0.1, 0.15) is 0 Å². The molecule has 0 aliphatic rings. The van der Waals surface area contributed by atoms with E-state index in [1.807, 2.05) is 27.7 Å². The summed E-state index contributed by atoms with van der Waals surface area (Å²) < 4.78 is 27.6. The van der Waals surface area contributed by atoms with Gasteiger partial charge in [-0.05, 0) is 63.6 Å². The van der Waals surface area contributed by atoms with Crippen molar-refractivity contribution in [3.63, 3.8) is 0 Å². The van der Waals surface area contributed by atoms with Crippen LogP contribution in [0, 0.1) is 6.92 Å². The van der Waals surface area contributed by atoms with E-state index in [9.17, 15) is 13.2 Å². The lowest BCUT2D eigenvalue weighted by Crippen LogP contribution is -2.40. The van der Waals surface area contributed by atoms with E-state index in [1.54, 1.807) is 24.3 Å². The number of amides is 1. The summed E-state index contributed by atoms with van der Waals surface area (Å²) in [6, 6.07) is 10.8. The number of hydrogen-bond acceptors (Lipinski definition) is 3. The molecule has 0 atom stereocenters. The molecule has 2 N–H and O–H groups in total. The first-order chi connectivity index (χ1) is 11.5. The smallest absolute Gasteiger partial charge is 0.261 e. The van der Waals surface area contributed by atoms with Gasteiger partial charge in [0.05, 0.1) is 10.6 Å². The van der Waals surface area contributed by atoms with E-state index in [0.29, 0.717) is 10.7 Å². The highest BCUT2D eigenvalue weighted by Gasteiger charge is 2.19. The Hall–Kier alpha value is -2.05. The number of sulfonamides is 1. The van der Waals surface area contributed by atoms with Crippen molar-refractivity contribution < 1.29 is 13.2 Å². The van der Waals surface area contributed by atoms with Gasteiger partial charge in [0, 0.05) is 16.1 Å². The quantitative estimate of drug-likeness (QED) is 0.842. The number of nitrogens with one attached hydrogen (secondary N) is 2. The topological polar surface area (TPSA) is 75.3 Å². The van der Waals surface area contributed by atoms with Gasteiger partial charge in [0.2, 0.25) is 0 Å². The van der Waals surface area contributed by atoms with Crippen molar-refractivity contribution in [1.29, 1.82) is 0 Å². The fourth-order valence-corrected chi connectivity index (χ4v) is 3.36. The number of hydrogen-bond donors (Lipinski definition) is 2. The maximum absolute atomic E-state index is 12.6. The lowest BCUT2D eigenvalue weighted by atomic mass is 10.1. The Bertz CT molecular complexity index is 903. The third kappa shape index (κ3) is 5.21. The molecule has 0 aliphatic heterocycles. The van der Waals surface area contributed by atoms with E-state index in [0.717, 1.165) is 5.56 Å². The number of halogens is 1. The Morgan fingerprint density at radius 3 is 2.36 bits per heavy atom. The van der Waals surface area contributed by atoms with Crippen molar-refractivity contribution in [3.05, 3.63) is 58.6 Å². The van der Waals surface area contributed by atoms with Gasteiger partial charge in [-0.2, -0.15) is 0 Å². The Morgan fingerprint density at radius 1 is 1.08 bits per heavy atom. The van der Waals surface area contributed by atoms with Crippen molar-refractivity contribution in [2.75, 3.05) is 4.72 Å². The van der Waals surface area contributed by atoms with Crippen LogP contribution in [0.2, 0.25) is 5.02 Å². The molecule has 25 heavy (non-hydrogen) atoms. The van der Waals surface area contributed by atoms with Crippen LogP contribution in [0.1, 0.15) is 36.7 Å². The SMILES string of the molecule is Cc1ccc(NS(=O)(=O)c2cccc(C(=O)NC(C)(C)C)c2)cc1Cl. The minimum absolute atomic E-state index is 0.00533. The molecule has 0 spiro atoms. The predicted octanol–water partition coefficient (Wildman–Crippen LogP) is 3.98. The van der Waals surface area contributed by atoms with E-state index in [2.05, 4.69) is 10.0 Å². The molecule has 5 nitrogen and oxygen atoms in total. The first-order valence-electron chi connectivity index (χ1n) is 7.69. The fraction of sp³-hybridized carbons (Fsp3) is 0.278. The standard InChI is InChI=1S/C18H21ClN2O3S/c1-12-8-9-14(11-16(12)19)21-25(23,24)15-7-5-6-13(10-15)17(22)20-18(2,3)4/h5-11,21H,1-4H3,(H,20,22). The minimum Gasteiger partial charge on any atom is -0.347 e. The molecule has 0 aliphatic carbocycles. The van der Waals surface area contributed by atoms with E-state index < -0.39 is 15.6 Å². The van der Waals surface area contributed by atoms with Crippen LogP contribution in [-0.2, 0) is 10.0 Å². The summed E-state index contributed by atoms with van der Waals surface area (Å²) >= 11 is 6.03. The van der Waals surface area contributed by atoms with Crippen LogP contribution in [0.15, 0.2) is 47.4 Å². The first-order valence-corrected chi connectivity index (χ1v) is 9.56. The number of benzene rings is 2. The van der Waals surface area contributed by atoms with Crippen LogP contribution in [0.4, 0.5) is 5.69 Å². The molecular formula is C18H21ClN2O3S.